The molecule has 0 atom stereocenters. The third kappa shape index (κ3) is 4.76. The lowest BCUT2D eigenvalue weighted by Gasteiger charge is -2.15. The number of hydrogen-bond donors (Lipinski definition) is 1. The van der Waals surface area contributed by atoms with E-state index in [4.69, 9.17) is 9.47 Å². The number of aromatic nitrogens is 1. The first-order valence-corrected chi connectivity index (χ1v) is 7.51. The molecule has 0 bridgehead atoms. The molecule has 112 valence electrons. The van der Waals surface area contributed by atoms with E-state index in [1.807, 2.05) is 20.8 Å². The van der Waals surface area contributed by atoms with Crippen LogP contribution in [0.4, 0.5) is 0 Å². The molecule has 0 spiro atoms. The zero-order valence-corrected chi connectivity index (χ0v) is 13.0. The topological polar surface area (TPSA) is 43.4 Å². The fraction of sp³-hybridized carbons (Fsp3) is 0.688. The van der Waals surface area contributed by atoms with Crippen molar-refractivity contribution in [3.05, 3.63) is 22.9 Å². The van der Waals surface area contributed by atoms with Crippen LogP contribution in [0.2, 0.25) is 0 Å². The Labute approximate surface area is 121 Å². The number of nitrogens with one attached hydrogen (secondary N) is 1. The molecule has 0 aliphatic heterocycles. The van der Waals surface area contributed by atoms with Gasteiger partial charge < -0.3 is 14.8 Å². The minimum absolute atomic E-state index is 0.238. The second-order valence-electron chi connectivity index (χ2n) is 5.79. The second kappa shape index (κ2) is 7.04. The van der Waals surface area contributed by atoms with Crippen LogP contribution in [0.15, 0.2) is 6.07 Å². The van der Waals surface area contributed by atoms with Gasteiger partial charge in [-0.15, -0.1) is 0 Å². The lowest BCUT2D eigenvalue weighted by Crippen LogP contribution is -2.19. The smallest absolute Gasteiger partial charge is 0.218 e. The van der Waals surface area contributed by atoms with Crippen LogP contribution in [-0.2, 0) is 11.3 Å². The van der Waals surface area contributed by atoms with Gasteiger partial charge in [0.15, 0.2) is 0 Å². The molecule has 1 aromatic rings. The molecule has 1 saturated carbocycles. The van der Waals surface area contributed by atoms with Gasteiger partial charge in [-0.1, -0.05) is 0 Å². The SMILES string of the molecule is Cc1cc(C)c(CNC2CC2)c(OCCOC(C)C)n1. The number of hydrogen-bond acceptors (Lipinski definition) is 4. The fourth-order valence-corrected chi connectivity index (χ4v) is 2.12. The summed E-state index contributed by atoms with van der Waals surface area (Å²) in [5.74, 6) is 0.753. The average molecular weight is 278 g/mol. The third-order valence-corrected chi connectivity index (χ3v) is 3.36. The molecule has 1 heterocycles. The van der Waals surface area contributed by atoms with Crippen LogP contribution in [0.25, 0.3) is 0 Å². The molecular weight excluding hydrogens is 252 g/mol. The molecule has 0 unspecified atom stereocenters. The lowest BCUT2D eigenvalue weighted by atomic mass is 10.1. The molecule has 1 aliphatic rings. The van der Waals surface area contributed by atoms with Crippen molar-refractivity contribution in [2.45, 2.75) is 59.2 Å². The summed E-state index contributed by atoms with van der Waals surface area (Å²) in [6.07, 6.45) is 2.81. The summed E-state index contributed by atoms with van der Waals surface area (Å²) >= 11 is 0. The van der Waals surface area contributed by atoms with E-state index in [0.717, 1.165) is 18.1 Å². The third-order valence-electron chi connectivity index (χ3n) is 3.36. The van der Waals surface area contributed by atoms with Crippen molar-refractivity contribution in [1.29, 1.82) is 0 Å². The quantitative estimate of drug-likeness (QED) is 0.743. The summed E-state index contributed by atoms with van der Waals surface area (Å²) in [6.45, 7) is 10.2. The fourth-order valence-electron chi connectivity index (χ4n) is 2.12. The molecule has 1 aromatic heterocycles. The summed E-state index contributed by atoms with van der Waals surface area (Å²) in [6, 6.07) is 2.80. The average Bonchev–Trinajstić information content (AvgIpc) is 3.17. The van der Waals surface area contributed by atoms with Crippen molar-refractivity contribution >= 4 is 0 Å². The monoisotopic (exact) mass is 278 g/mol. The normalized spacial score (nSPS) is 14.8. The van der Waals surface area contributed by atoms with Gasteiger partial charge in [0.25, 0.3) is 0 Å². The molecule has 1 aliphatic carbocycles. The van der Waals surface area contributed by atoms with Gasteiger partial charge in [-0.05, 0) is 52.2 Å². The van der Waals surface area contributed by atoms with E-state index in [1.165, 1.54) is 24.0 Å². The van der Waals surface area contributed by atoms with Crippen LogP contribution in [0.5, 0.6) is 5.88 Å². The highest BCUT2D eigenvalue weighted by atomic mass is 16.5. The number of nitrogens with zero attached hydrogens (tertiary/aromatic N) is 1. The molecule has 20 heavy (non-hydrogen) atoms. The van der Waals surface area contributed by atoms with E-state index in [0.29, 0.717) is 19.3 Å². The van der Waals surface area contributed by atoms with Crippen LogP contribution in [0.1, 0.15) is 43.5 Å². The Bertz CT molecular complexity index is 442. The van der Waals surface area contributed by atoms with Crippen LogP contribution in [0, 0.1) is 13.8 Å². The zero-order valence-electron chi connectivity index (χ0n) is 13.0. The predicted octanol–water partition coefficient (Wildman–Crippen LogP) is 2.75. The molecule has 0 saturated heterocycles. The van der Waals surface area contributed by atoms with Crippen LogP contribution < -0.4 is 10.1 Å². The van der Waals surface area contributed by atoms with Crippen LogP contribution in [0.3, 0.4) is 0 Å². The van der Waals surface area contributed by atoms with E-state index in [1.54, 1.807) is 0 Å². The van der Waals surface area contributed by atoms with Gasteiger partial charge in [0.2, 0.25) is 5.88 Å². The number of pyridine rings is 1. The summed E-state index contributed by atoms with van der Waals surface area (Å²) < 4.78 is 11.3. The molecule has 2 rings (SSSR count). The van der Waals surface area contributed by atoms with Gasteiger partial charge in [0, 0.05) is 23.8 Å². The predicted molar refractivity (Wildman–Crippen MR) is 80.2 cm³/mol. The van der Waals surface area contributed by atoms with Crippen molar-refractivity contribution in [2.75, 3.05) is 13.2 Å². The maximum absolute atomic E-state index is 5.83. The van der Waals surface area contributed by atoms with Crippen molar-refractivity contribution in [3.8, 4) is 5.88 Å². The molecule has 4 nitrogen and oxygen atoms in total. The van der Waals surface area contributed by atoms with Gasteiger partial charge >= 0.3 is 0 Å². The van der Waals surface area contributed by atoms with Gasteiger partial charge in [-0.3, -0.25) is 0 Å². The van der Waals surface area contributed by atoms with E-state index in [9.17, 15) is 0 Å². The van der Waals surface area contributed by atoms with E-state index in [2.05, 4.69) is 23.3 Å². The first-order chi connectivity index (χ1) is 9.56. The van der Waals surface area contributed by atoms with Gasteiger partial charge in [-0.2, -0.15) is 0 Å². The molecule has 4 heteroatoms. The largest absolute Gasteiger partial charge is 0.475 e. The van der Waals surface area contributed by atoms with Gasteiger partial charge in [0.05, 0.1) is 12.7 Å². The lowest BCUT2D eigenvalue weighted by molar-refractivity contribution is 0.0539. The van der Waals surface area contributed by atoms with Gasteiger partial charge in [-0.25, -0.2) is 4.98 Å². The van der Waals surface area contributed by atoms with Crippen molar-refractivity contribution in [1.82, 2.24) is 10.3 Å². The van der Waals surface area contributed by atoms with Gasteiger partial charge in [0.1, 0.15) is 6.61 Å². The molecule has 1 fully saturated rings. The maximum atomic E-state index is 5.83. The van der Waals surface area contributed by atoms with Crippen molar-refractivity contribution in [2.24, 2.45) is 0 Å². The molecule has 0 aromatic carbocycles. The summed E-state index contributed by atoms with van der Waals surface area (Å²) in [7, 11) is 0. The first-order valence-electron chi connectivity index (χ1n) is 7.51. The van der Waals surface area contributed by atoms with Crippen molar-refractivity contribution in [3.63, 3.8) is 0 Å². The molecular formula is C16H26N2O2. The Morgan fingerprint density at radius 2 is 2.05 bits per heavy atom. The Morgan fingerprint density at radius 3 is 2.70 bits per heavy atom. The standard InChI is InChI=1S/C16H26N2O2/c1-11(2)19-7-8-20-16-15(10-17-14-5-6-14)12(3)9-13(4)18-16/h9,11,14,17H,5-8,10H2,1-4H3. The highest BCUT2D eigenvalue weighted by Crippen LogP contribution is 2.24. The summed E-state index contributed by atoms with van der Waals surface area (Å²) in [4.78, 5) is 4.53. The Hall–Kier alpha value is -1.13. The Kier molecular flexibility index (Phi) is 5.38. The first kappa shape index (κ1) is 15.3. The highest BCUT2D eigenvalue weighted by Gasteiger charge is 2.21. The summed E-state index contributed by atoms with van der Waals surface area (Å²) in [5.41, 5.74) is 3.41. The minimum Gasteiger partial charge on any atom is -0.475 e. The molecule has 0 amide bonds. The van der Waals surface area contributed by atoms with E-state index >= 15 is 0 Å². The van der Waals surface area contributed by atoms with E-state index in [-0.39, 0.29) is 6.10 Å². The van der Waals surface area contributed by atoms with Crippen LogP contribution in [-0.4, -0.2) is 30.3 Å². The Morgan fingerprint density at radius 1 is 1.30 bits per heavy atom. The number of rotatable bonds is 8. The molecule has 1 N–H and O–H groups in total. The van der Waals surface area contributed by atoms with Crippen LogP contribution >= 0.6 is 0 Å². The second-order valence-corrected chi connectivity index (χ2v) is 5.79. The maximum Gasteiger partial charge on any atom is 0.218 e. The zero-order chi connectivity index (χ0) is 14.5. The van der Waals surface area contributed by atoms with Crippen molar-refractivity contribution < 1.29 is 9.47 Å². The highest BCUT2D eigenvalue weighted by molar-refractivity contribution is 5.36. The number of ether oxygens (including phenoxy) is 2. The van der Waals surface area contributed by atoms with E-state index < -0.39 is 0 Å². The molecule has 0 radical (unpaired) electrons. The summed E-state index contributed by atoms with van der Waals surface area (Å²) in [5, 5.41) is 3.53. The minimum atomic E-state index is 0.238. The number of aryl methyl sites for hydroxylation is 2. The Balaban J connectivity index is 1.96.